The molecule has 0 unspecified atom stereocenters. The van der Waals surface area contributed by atoms with E-state index >= 15 is 0 Å². The topological polar surface area (TPSA) is 64.5 Å². The van der Waals surface area contributed by atoms with Gasteiger partial charge < -0.3 is 14.4 Å². The van der Waals surface area contributed by atoms with Crippen LogP contribution in [-0.2, 0) is 11.2 Å². The van der Waals surface area contributed by atoms with Crippen LogP contribution in [0.2, 0.25) is 0 Å². The molecule has 2 aromatic carbocycles. The van der Waals surface area contributed by atoms with Gasteiger partial charge >= 0.3 is 0 Å². The Kier molecular flexibility index (Phi) is 6.46. The first-order valence-electron chi connectivity index (χ1n) is 10.5. The second-order valence-corrected chi connectivity index (χ2v) is 7.73. The number of nitrogens with zero attached hydrogens (tertiary/aromatic N) is 3. The number of carbonyl (C=O) groups is 1. The fourth-order valence-electron chi connectivity index (χ4n) is 4.10. The molecule has 6 nitrogen and oxygen atoms in total. The lowest BCUT2D eigenvalue weighted by molar-refractivity contribution is -0.131. The number of hydrogen-bond donors (Lipinski definition) is 0. The van der Waals surface area contributed by atoms with E-state index in [1.165, 1.54) is 0 Å². The van der Waals surface area contributed by atoms with Gasteiger partial charge in [0.2, 0.25) is 5.91 Å². The summed E-state index contributed by atoms with van der Waals surface area (Å²) in [5.41, 5.74) is 3.77. The quantitative estimate of drug-likeness (QED) is 0.604. The van der Waals surface area contributed by atoms with Gasteiger partial charge in [0.15, 0.2) is 0 Å². The fourth-order valence-corrected chi connectivity index (χ4v) is 4.10. The van der Waals surface area contributed by atoms with Crippen LogP contribution < -0.4 is 9.47 Å². The fraction of sp³-hybridized carbons (Fsp3) is 0.320. The summed E-state index contributed by atoms with van der Waals surface area (Å²) in [7, 11) is 3.30. The van der Waals surface area contributed by atoms with E-state index in [2.05, 4.69) is 9.97 Å². The van der Waals surface area contributed by atoms with Crippen molar-refractivity contribution < 1.29 is 14.3 Å². The standard InChI is InChI=1S/C25H27N3O3/c1-30-21-10-8-18(9-11-21)15-23(29)28-14-4-6-20(17-28)25-24(26-12-13-27-25)19-5-3-7-22(16-19)31-2/h3,5,7-13,16,20H,4,6,14-15,17H2,1-2H3/t20-/m0/s1. The predicted octanol–water partition coefficient (Wildman–Crippen LogP) is 4.11. The van der Waals surface area contributed by atoms with Crippen molar-refractivity contribution in [2.75, 3.05) is 27.3 Å². The molecule has 0 bridgehead atoms. The van der Waals surface area contributed by atoms with E-state index in [4.69, 9.17) is 9.47 Å². The third-order valence-corrected chi connectivity index (χ3v) is 5.74. The molecule has 1 aromatic heterocycles. The van der Waals surface area contributed by atoms with Crippen molar-refractivity contribution in [2.24, 2.45) is 0 Å². The van der Waals surface area contributed by atoms with Gasteiger partial charge in [0, 0.05) is 37.0 Å². The van der Waals surface area contributed by atoms with Gasteiger partial charge in [-0.15, -0.1) is 0 Å². The average Bonchev–Trinajstić information content (AvgIpc) is 2.84. The van der Waals surface area contributed by atoms with Gasteiger partial charge in [0.1, 0.15) is 11.5 Å². The van der Waals surface area contributed by atoms with E-state index in [0.717, 1.165) is 53.4 Å². The number of methoxy groups -OCH3 is 2. The molecule has 1 aliphatic rings. The second-order valence-electron chi connectivity index (χ2n) is 7.73. The van der Waals surface area contributed by atoms with Crippen LogP contribution in [0.25, 0.3) is 11.3 Å². The molecule has 6 heteroatoms. The normalized spacial score (nSPS) is 16.1. The molecule has 0 saturated carbocycles. The lowest BCUT2D eigenvalue weighted by Gasteiger charge is -2.33. The van der Waals surface area contributed by atoms with Crippen molar-refractivity contribution in [1.82, 2.24) is 14.9 Å². The van der Waals surface area contributed by atoms with Gasteiger partial charge in [-0.1, -0.05) is 24.3 Å². The molecule has 1 aliphatic heterocycles. The molecule has 2 heterocycles. The van der Waals surface area contributed by atoms with E-state index in [-0.39, 0.29) is 11.8 Å². The van der Waals surface area contributed by atoms with Gasteiger partial charge in [0.05, 0.1) is 32.0 Å². The summed E-state index contributed by atoms with van der Waals surface area (Å²) in [6, 6.07) is 15.5. The third kappa shape index (κ3) is 4.85. The predicted molar refractivity (Wildman–Crippen MR) is 119 cm³/mol. The zero-order valence-electron chi connectivity index (χ0n) is 18.0. The SMILES string of the molecule is COc1ccc(CC(=O)N2CCC[C@H](c3nccnc3-c3cccc(OC)c3)C2)cc1. The molecule has 0 radical (unpaired) electrons. The first kappa shape index (κ1) is 20.8. The molecular formula is C25H27N3O3. The van der Waals surface area contributed by atoms with Gasteiger partial charge in [-0.3, -0.25) is 14.8 Å². The van der Waals surface area contributed by atoms with Crippen LogP contribution in [0.3, 0.4) is 0 Å². The van der Waals surface area contributed by atoms with Crippen LogP contribution in [0.1, 0.15) is 30.0 Å². The van der Waals surface area contributed by atoms with Gasteiger partial charge in [-0.25, -0.2) is 0 Å². The van der Waals surface area contributed by atoms with Crippen LogP contribution in [0, 0.1) is 0 Å². The minimum Gasteiger partial charge on any atom is -0.497 e. The monoisotopic (exact) mass is 417 g/mol. The van der Waals surface area contributed by atoms with E-state index in [1.807, 2.05) is 53.4 Å². The van der Waals surface area contributed by atoms with Crippen LogP contribution >= 0.6 is 0 Å². The number of hydrogen-bond acceptors (Lipinski definition) is 5. The number of rotatable bonds is 6. The third-order valence-electron chi connectivity index (χ3n) is 5.74. The van der Waals surface area contributed by atoms with Crippen LogP contribution in [0.4, 0.5) is 0 Å². The molecule has 1 fully saturated rings. The Labute approximate surface area is 182 Å². The summed E-state index contributed by atoms with van der Waals surface area (Å²) in [4.78, 5) is 24.2. The van der Waals surface area contributed by atoms with Gasteiger partial charge in [-0.2, -0.15) is 0 Å². The number of ether oxygens (including phenoxy) is 2. The van der Waals surface area contributed by atoms with E-state index < -0.39 is 0 Å². The van der Waals surface area contributed by atoms with E-state index in [9.17, 15) is 4.79 Å². The van der Waals surface area contributed by atoms with Crippen molar-refractivity contribution in [3.05, 3.63) is 72.2 Å². The Morgan fingerprint density at radius 3 is 2.58 bits per heavy atom. The van der Waals surface area contributed by atoms with Crippen LogP contribution in [0.15, 0.2) is 60.9 Å². The van der Waals surface area contributed by atoms with Gasteiger partial charge in [0.25, 0.3) is 0 Å². The molecule has 31 heavy (non-hydrogen) atoms. The maximum Gasteiger partial charge on any atom is 0.227 e. The molecule has 1 saturated heterocycles. The highest BCUT2D eigenvalue weighted by molar-refractivity contribution is 5.79. The molecule has 0 spiro atoms. The smallest absolute Gasteiger partial charge is 0.227 e. The summed E-state index contributed by atoms with van der Waals surface area (Å²) in [5, 5.41) is 0. The highest BCUT2D eigenvalue weighted by Gasteiger charge is 2.28. The lowest BCUT2D eigenvalue weighted by Crippen LogP contribution is -2.40. The molecular weight excluding hydrogens is 390 g/mol. The summed E-state index contributed by atoms with van der Waals surface area (Å²) in [5.74, 6) is 1.88. The molecule has 4 rings (SSSR count). The maximum atomic E-state index is 13.0. The zero-order chi connectivity index (χ0) is 21.6. The Hall–Kier alpha value is -3.41. The largest absolute Gasteiger partial charge is 0.497 e. The van der Waals surface area contributed by atoms with E-state index in [1.54, 1.807) is 26.6 Å². The number of piperidine rings is 1. The summed E-state index contributed by atoms with van der Waals surface area (Å²) in [6.45, 7) is 1.44. The number of amides is 1. The molecule has 1 atom stereocenters. The van der Waals surface area contributed by atoms with Crippen LogP contribution in [-0.4, -0.2) is 48.1 Å². The lowest BCUT2D eigenvalue weighted by atomic mass is 9.91. The molecule has 0 N–H and O–H groups in total. The molecule has 0 aliphatic carbocycles. The average molecular weight is 418 g/mol. The van der Waals surface area contributed by atoms with Crippen LogP contribution in [0.5, 0.6) is 11.5 Å². The molecule has 3 aromatic rings. The second kappa shape index (κ2) is 9.60. The minimum atomic E-state index is 0.140. The van der Waals surface area contributed by atoms with Crippen molar-refractivity contribution in [1.29, 1.82) is 0 Å². The Bertz CT molecular complexity index is 1040. The Morgan fingerprint density at radius 1 is 1.03 bits per heavy atom. The number of aromatic nitrogens is 2. The Balaban J connectivity index is 1.51. The molecule has 160 valence electrons. The highest BCUT2D eigenvalue weighted by atomic mass is 16.5. The van der Waals surface area contributed by atoms with Crippen molar-refractivity contribution in [3.63, 3.8) is 0 Å². The summed E-state index contributed by atoms with van der Waals surface area (Å²) >= 11 is 0. The van der Waals surface area contributed by atoms with Crippen molar-refractivity contribution in [3.8, 4) is 22.8 Å². The summed E-state index contributed by atoms with van der Waals surface area (Å²) < 4.78 is 10.6. The van der Waals surface area contributed by atoms with Crippen molar-refractivity contribution >= 4 is 5.91 Å². The Morgan fingerprint density at radius 2 is 1.81 bits per heavy atom. The number of benzene rings is 2. The van der Waals surface area contributed by atoms with Gasteiger partial charge in [-0.05, 0) is 42.7 Å². The summed E-state index contributed by atoms with van der Waals surface area (Å²) in [6.07, 6.45) is 5.78. The maximum absolute atomic E-state index is 13.0. The highest BCUT2D eigenvalue weighted by Crippen LogP contribution is 2.33. The van der Waals surface area contributed by atoms with E-state index in [0.29, 0.717) is 13.0 Å². The van der Waals surface area contributed by atoms with Crippen molar-refractivity contribution in [2.45, 2.75) is 25.2 Å². The first-order chi connectivity index (χ1) is 15.2. The number of carbonyl (C=O) groups excluding carboxylic acids is 1. The molecule has 1 amide bonds. The zero-order valence-corrected chi connectivity index (χ0v) is 18.0. The number of likely N-dealkylation sites (tertiary alicyclic amines) is 1. The minimum absolute atomic E-state index is 0.140. The first-order valence-corrected chi connectivity index (χ1v) is 10.5.